The van der Waals surface area contributed by atoms with Crippen LogP contribution in [0.3, 0.4) is 0 Å². The van der Waals surface area contributed by atoms with Crippen molar-refractivity contribution < 1.29 is 0 Å². The predicted octanol–water partition coefficient (Wildman–Crippen LogP) is 12.7. The average Bonchev–Trinajstić information content (AvgIpc) is 3.89. The SMILES string of the molecule is N#C[C@@H]1CC=CC=C1n1c2ccccc2c2cccc(-c3cccc4c3SC3=C(c5cccc6c5N(c5ccccc5)C5C=CC=CC65)C=CCC34)c21. The Morgan fingerprint density at radius 3 is 2.36 bits per heavy atom. The number of allylic oxidation sites excluding steroid dienone is 10. The number of fused-ring (bicyclic) bond motifs is 9. The Kier molecular flexibility index (Phi) is 6.94. The summed E-state index contributed by atoms with van der Waals surface area (Å²) >= 11 is 1.97. The lowest BCUT2D eigenvalue weighted by Crippen LogP contribution is -2.28. The van der Waals surface area contributed by atoms with Crippen LogP contribution in [0.25, 0.3) is 44.2 Å². The van der Waals surface area contributed by atoms with Crippen LogP contribution in [0, 0.1) is 17.2 Å². The molecule has 3 unspecified atom stereocenters. The Morgan fingerprint density at radius 2 is 1.45 bits per heavy atom. The van der Waals surface area contributed by atoms with Gasteiger partial charge in [0.15, 0.2) is 0 Å². The van der Waals surface area contributed by atoms with E-state index in [0.717, 1.165) is 24.1 Å². The standard InChI is InChI=1S/C49H35N3S/c50-30-31-14-4-7-27-43(31)52-45-29-9-6-18-34(45)36-20-11-22-38(47(36)52)40-24-13-26-42-41-25-12-23-39(48(41)53-49(40)42)37-21-10-19-35-33-17-5-8-28-44(33)51(46(35)37)32-15-2-1-3-16-32/h1-13,15-24,26-29,31,33,41,44H,14,25H2/t31-,33?,41?,44?/m0/s1. The van der Waals surface area contributed by atoms with Crippen molar-refractivity contribution in [3.63, 3.8) is 0 Å². The molecule has 2 aliphatic heterocycles. The van der Waals surface area contributed by atoms with Gasteiger partial charge in [0.2, 0.25) is 0 Å². The number of anilines is 2. The zero-order chi connectivity index (χ0) is 35.0. The van der Waals surface area contributed by atoms with E-state index in [1.807, 2.05) is 11.8 Å². The van der Waals surface area contributed by atoms with Crippen LogP contribution in [0.15, 0.2) is 174 Å². The van der Waals surface area contributed by atoms with Gasteiger partial charge in [-0.1, -0.05) is 151 Å². The lowest BCUT2D eigenvalue weighted by Gasteiger charge is -2.30. The van der Waals surface area contributed by atoms with Gasteiger partial charge in [-0.3, -0.25) is 0 Å². The van der Waals surface area contributed by atoms with Crippen LogP contribution in [0.5, 0.6) is 0 Å². The summed E-state index contributed by atoms with van der Waals surface area (Å²) in [4.78, 5) is 5.36. The van der Waals surface area contributed by atoms with Gasteiger partial charge in [-0.15, -0.1) is 0 Å². The third kappa shape index (κ3) is 4.47. The molecule has 1 aromatic heterocycles. The molecule has 0 amide bonds. The second-order valence-electron chi connectivity index (χ2n) is 14.5. The fraction of sp³-hybridized carbons (Fsp3) is 0.122. The first-order chi connectivity index (χ1) is 26.3. The number of aromatic nitrogens is 1. The molecule has 4 heteroatoms. The van der Waals surface area contributed by atoms with E-state index in [0.29, 0.717) is 11.8 Å². The van der Waals surface area contributed by atoms with Crippen LogP contribution < -0.4 is 4.90 Å². The Bertz CT molecular complexity index is 2750. The lowest BCUT2D eigenvalue weighted by molar-refractivity contribution is 0.744. The van der Waals surface area contributed by atoms with Crippen molar-refractivity contribution in [1.82, 2.24) is 4.57 Å². The maximum Gasteiger partial charge on any atom is 0.0902 e. The van der Waals surface area contributed by atoms with Crippen LogP contribution in [0.2, 0.25) is 0 Å². The summed E-state index contributed by atoms with van der Waals surface area (Å²) < 4.78 is 2.38. The molecule has 0 N–H and O–H groups in total. The molecule has 6 aromatic rings. The summed E-state index contributed by atoms with van der Waals surface area (Å²) in [5, 5.41) is 12.7. The number of nitrogens with zero attached hydrogens (tertiary/aromatic N) is 3. The van der Waals surface area contributed by atoms with E-state index >= 15 is 0 Å². The van der Waals surface area contributed by atoms with Gasteiger partial charge in [-0.05, 0) is 59.4 Å². The van der Waals surface area contributed by atoms with E-state index < -0.39 is 0 Å². The number of thioether (sulfide) groups is 1. The summed E-state index contributed by atoms with van der Waals surface area (Å²) in [6.07, 6.45) is 22.0. The average molecular weight is 698 g/mol. The number of hydrogen-bond acceptors (Lipinski definition) is 3. The molecular weight excluding hydrogens is 663 g/mol. The molecule has 0 radical (unpaired) electrons. The third-order valence-corrected chi connectivity index (χ3v) is 13.2. The highest BCUT2D eigenvalue weighted by Crippen LogP contribution is 2.60. The van der Waals surface area contributed by atoms with E-state index in [1.54, 1.807) is 0 Å². The lowest BCUT2D eigenvalue weighted by atomic mass is 9.85. The largest absolute Gasteiger partial charge is 0.333 e. The first-order valence-electron chi connectivity index (χ1n) is 18.6. The van der Waals surface area contributed by atoms with Crippen molar-refractivity contribution in [3.8, 4) is 17.2 Å². The molecule has 5 aromatic carbocycles. The summed E-state index contributed by atoms with van der Waals surface area (Å²) in [5.74, 6) is 0.410. The van der Waals surface area contributed by atoms with Gasteiger partial charge < -0.3 is 9.47 Å². The maximum absolute atomic E-state index is 10.3. The fourth-order valence-corrected chi connectivity index (χ4v) is 11.0. The van der Waals surface area contributed by atoms with Gasteiger partial charge in [0.25, 0.3) is 0 Å². The number of para-hydroxylation sites is 4. The quantitative estimate of drug-likeness (QED) is 0.184. The molecule has 3 nitrogen and oxygen atoms in total. The van der Waals surface area contributed by atoms with Gasteiger partial charge >= 0.3 is 0 Å². The van der Waals surface area contributed by atoms with Gasteiger partial charge in [-0.2, -0.15) is 5.26 Å². The molecule has 5 aliphatic rings. The Morgan fingerprint density at radius 1 is 0.679 bits per heavy atom. The minimum Gasteiger partial charge on any atom is -0.333 e. The molecule has 252 valence electrons. The molecule has 0 fully saturated rings. The van der Waals surface area contributed by atoms with Crippen LogP contribution in [-0.2, 0) is 0 Å². The van der Waals surface area contributed by atoms with Crippen molar-refractivity contribution in [2.75, 3.05) is 4.90 Å². The molecule has 53 heavy (non-hydrogen) atoms. The van der Waals surface area contributed by atoms with Crippen molar-refractivity contribution in [2.24, 2.45) is 5.92 Å². The van der Waals surface area contributed by atoms with E-state index in [1.165, 1.54) is 70.9 Å². The minimum absolute atomic E-state index is 0.206. The van der Waals surface area contributed by atoms with Crippen LogP contribution >= 0.6 is 11.8 Å². The molecule has 11 rings (SSSR count). The van der Waals surface area contributed by atoms with E-state index in [2.05, 4.69) is 179 Å². The first kappa shape index (κ1) is 30.6. The van der Waals surface area contributed by atoms with E-state index in [-0.39, 0.29) is 12.0 Å². The zero-order valence-electron chi connectivity index (χ0n) is 29.1. The monoisotopic (exact) mass is 697 g/mol. The van der Waals surface area contributed by atoms with Crippen molar-refractivity contribution in [3.05, 3.63) is 185 Å². The van der Waals surface area contributed by atoms with Crippen LogP contribution in [-0.4, -0.2) is 10.6 Å². The maximum atomic E-state index is 10.3. The van der Waals surface area contributed by atoms with Gasteiger partial charge in [0, 0.05) is 54.9 Å². The summed E-state index contributed by atoms with van der Waals surface area (Å²) in [7, 11) is 0. The molecule has 3 aliphatic carbocycles. The molecule has 0 bridgehead atoms. The second kappa shape index (κ2) is 12.0. The number of nitriles is 1. The Labute approximate surface area is 313 Å². The minimum atomic E-state index is -0.206. The number of hydrogen-bond donors (Lipinski definition) is 0. The summed E-state index contributed by atoms with van der Waals surface area (Å²) in [5.41, 5.74) is 13.8. The van der Waals surface area contributed by atoms with E-state index in [4.69, 9.17) is 0 Å². The Balaban J connectivity index is 1.11. The predicted molar refractivity (Wildman–Crippen MR) is 221 cm³/mol. The van der Waals surface area contributed by atoms with Gasteiger partial charge in [0.05, 0.1) is 34.7 Å². The molecular formula is C49H35N3S. The molecule has 4 atom stereocenters. The van der Waals surface area contributed by atoms with Crippen LogP contribution in [0.1, 0.15) is 41.4 Å². The topological polar surface area (TPSA) is 32.0 Å². The highest BCUT2D eigenvalue weighted by Gasteiger charge is 2.41. The van der Waals surface area contributed by atoms with Crippen LogP contribution in [0.4, 0.5) is 11.4 Å². The zero-order valence-corrected chi connectivity index (χ0v) is 29.9. The summed E-state index contributed by atoms with van der Waals surface area (Å²) in [6, 6.07) is 43.0. The van der Waals surface area contributed by atoms with Gasteiger partial charge in [0.1, 0.15) is 0 Å². The third-order valence-electron chi connectivity index (χ3n) is 11.8. The van der Waals surface area contributed by atoms with Crippen molar-refractivity contribution in [2.45, 2.75) is 35.6 Å². The van der Waals surface area contributed by atoms with E-state index in [9.17, 15) is 5.26 Å². The number of rotatable bonds is 4. The number of benzene rings is 5. The highest BCUT2D eigenvalue weighted by molar-refractivity contribution is 8.03. The molecule has 0 saturated carbocycles. The molecule has 0 spiro atoms. The summed E-state index contributed by atoms with van der Waals surface area (Å²) in [6.45, 7) is 0. The molecule has 0 saturated heterocycles. The normalized spacial score (nSPS) is 22.2. The van der Waals surface area contributed by atoms with Crippen molar-refractivity contribution >= 4 is 56.2 Å². The highest BCUT2D eigenvalue weighted by atomic mass is 32.2. The smallest absolute Gasteiger partial charge is 0.0902 e. The molecule has 3 heterocycles. The first-order valence-corrected chi connectivity index (χ1v) is 19.4. The Hall–Kier alpha value is -6.02. The fourth-order valence-electron chi connectivity index (χ4n) is 9.54. The second-order valence-corrected chi connectivity index (χ2v) is 15.6. The van der Waals surface area contributed by atoms with Gasteiger partial charge in [-0.25, -0.2) is 0 Å². The van der Waals surface area contributed by atoms with Crippen molar-refractivity contribution in [1.29, 1.82) is 5.26 Å².